The first kappa shape index (κ1) is 19.3. The first-order chi connectivity index (χ1) is 12.2. The van der Waals surface area contributed by atoms with Gasteiger partial charge in [-0.05, 0) is 24.1 Å². The monoisotopic (exact) mass is 351 g/mol. The van der Waals surface area contributed by atoms with E-state index < -0.39 is 0 Å². The van der Waals surface area contributed by atoms with Crippen molar-refractivity contribution in [1.82, 2.24) is 15.1 Å². The van der Waals surface area contributed by atoms with Gasteiger partial charge in [0.25, 0.3) is 0 Å². The number of hydrogen-bond acceptors (Lipinski definition) is 5. The molecule has 0 radical (unpaired) electrons. The Morgan fingerprint density at radius 1 is 1.08 bits per heavy atom. The molecule has 7 heteroatoms. The van der Waals surface area contributed by atoms with Crippen LogP contribution in [0.5, 0.6) is 11.5 Å². The van der Waals surface area contributed by atoms with Crippen LogP contribution in [0, 0.1) is 0 Å². The highest BCUT2D eigenvalue weighted by molar-refractivity contribution is 5.74. The molecule has 1 saturated heterocycles. The molecule has 0 aliphatic carbocycles. The lowest BCUT2D eigenvalue weighted by Crippen LogP contribution is -2.52. The van der Waals surface area contributed by atoms with Gasteiger partial charge in [0.15, 0.2) is 11.5 Å². The Morgan fingerprint density at radius 2 is 1.80 bits per heavy atom. The van der Waals surface area contributed by atoms with Gasteiger partial charge in [0.1, 0.15) is 0 Å². The number of hydrogen-bond donors (Lipinski definition) is 1. The van der Waals surface area contributed by atoms with E-state index in [1.807, 2.05) is 17.0 Å². The Hall–Kier alpha value is -1.99. The maximum absolute atomic E-state index is 12.0. The molecule has 1 heterocycles. The van der Waals surface area contributed by atoms with E-state index >= 15 is 0 Å². The van der Waals surface area contributed by atoms with Crippen molar-refractivity contribution in [3.05, 3.63) is 23.8 Å². The Balaban J connectivity index is 1.74. The highest BCUT2D eigenvalue weighted by atomic mass is 16.5. The smallest absolute Gasteiger partial charge is 0.317 e. The van der Waals surface area contributed by atoms with E-state index in [2.05, 4.69) is 16.3 Å². The summed E-state index contributed by atoms with van der Waals surface area (Å²) in [5, 5.41) is 2.87. The van der Waals surface area contributed by atoms with E-state index in [-0.39, 0.29) is 6.03 Å². The molecule has 1 fully saturated rings. The van der Waals surface area contributed by atoms with Crippen LogP contribution < -0.4 is 14.8 Å². The maximum Gasteiger partial charge on any atom is 0.317 e. The quantitative estimate of drug-likeness (QED) is 0.714. The van der Waals surface area contributed by atoms with E-state index in [1.165, 1.54) is 5.56 Å². The third-order valence-corrected chi connectivity index (χ3v) is 4.41. The fraction of sp³-hybridized carbons (Fsp3) is 0.611. The molecule has 1 aliphatic rings. The van der Waals surface area contributed by atoms with Crippen LogP contribution >= 0.6 is 0 Å². The third-order valence-electron chi connectivity index (χ3n) is 4.41. The number of nitrogens with zero attached hydrogens (tertiary/aromatic N) is 2. The van der Waals surface area contributed by atoms with Crippen molar-refractivity contribution < 1.29 is 19.0 Å². The second-order valence-electron chi connectivity index (χ2n) is 5.99. The summed E-state index contributed by atoms with van der Waals surface area (Å²) in [5.41, 5.74) is 1.22. The highest BCUT2D eigenvalue weighted by Crippen LogP contribution is 2.27. The first-order valence-corrected chi connectivity index (χ1v) is 8.63. The summed E-state index contributed by atoms with van der Waals surface area (Å²) >= 11 is 0. The standard InChI is InChI=1S/C18H29N3O4/c1-23-13-7-19-18(22)21-11-9-20(10-12-21)8-6-15-4-5-16(24-2)17(14-15)25-3/h4-5,14H,6-13H2,1-3H3,(H,19,22). The summed E-state index contributed by atoms with van der Waals surface area (Å²) in [6.07, 6.45) is 0.945. The van der Waals surface area contributed by atoms with Gasteiger partial charge >= 0.3 is 6.03 Å². The lowest BCUT2D eigenvalue weighted by molar-refractivity contribution is 0.136. The van der Waals surface area contributed by atoms with Crippen LogP contribution in [0.4, 0.5) is 4.79 Å². The topological polar surface area (TPSA) is 63.3 Å². The van der Waals surface area contributed by atoms with Crippen LogP contribution in [-0.2, 0) is 11.2 Å². The van der Waals surface area contributed by atoms with E-state index in [9.17, 15) is 4.79 Å². The number of ether oxygens (including phenoxy) is 3. The van der Waals surface area contributed by atoms with Gasteiger partial charge < -0.3 is 24.4 Å². The SMILES string of the molecule is COCCNC(=O)N1CCN(CCc2ccc(OC)c(OC)c2)CC1. The van der Waals surface area contributed by atoms with Gasteiger partial charge in [-0.25, -0.2) is 4.79 Å². The third kappa shape index (κ3) is 5.79. The lowest BCUT2D eigenvalue weighted by atomic mass is 10.1. The number of carbonyl (C=O) groups excluding carboxylic acids is 1. The van der Waals surface area contributed by atoms with E-state index in [0.717, 1.165) is 50.6 Å². The van der Waals surface area contributed by atoms with Crippen molar-refractivity contribution in [2.75, 3.05) is 67.2 Å². The average Bonchev–Trinajstić information content (AvgIpc) is 2.66. The molecule has 0 aromatic heterocycles. The van der Waals surface area contributed by atoms with Crippen LogP contribution in [0.1, 0.15) is 5.56 Å². The van der Waals surface area contributed by atoms with Crippen LogP contribution in [0.2, 0.25) is 0 Å². The van der Waals surface area contributed by atoms with Crippen molar-refractivity contribution in [1.29, 1.82) is 0 Å². The molecule has 2 amide bonds. The summed E-state index contributed by atoms with van der Waals surface area (Å²) in [4.78, 5) is 16.3. The molecule has 1 aromatic rings. The molecule has 1 aliphatic heterocycles. The number of nitrogens with one attached hydrogen (secondary N) is 1. The minimum atomic E-state index is -0.00316. The number of benzene rings is 1. The van der Waals surface area contributed by atoms with Crippen molar-refractivity contribution in [3.8, 4) is 11.5 Å². The van der Waals surface area contributed by atoms with Crippen molar-refractivity contribution in [3.63, 3.8) is 0 Å². The maximum atomic E-state index is 12.0. The van der Waals surface area contributed by atoms with Gasteiger partial charge in [-0.15, -0.1) is 0 Å². The van der Waals surface area contributed by atoms with Gasteiger partial charge in [-0.3, -0.25) is 4.90 Å². The molecule has 0 saturated carbocycles. The Morgan fingerprint density at radius 3 is 2.44 bits per heavy atom. The molecular formula is C18H29N3O4. The predicted molar refractivity (Wildman–Crippen MR) is 96.5 cm³/mol. The molecule has 25 heavy (non-hydrogen) atoms. The molecule has 140 valence electrons. The molecule has 1 N–H and O–H groups in total. The number of rotatable bonds is 8. The molecule has 1 aromatic carbocycles. The summed E-state index contributed by atoms with van der Waals surface area (Å²) in [6, 6.07) is 6.03. The van der Waals surface area contributed by atoms with Gasteiger partial charge in [0.2, 0.25) is 0 Å². The minimum Gasteiger partial charge on any atom is -0.493 e. The summed E-state index contributed by atoms with van der Waals surface area (Å²) in [6.45, 7) is 5.35. The zero-order chi connectivity index (χ0) is 18.1. The second-order valence-corrected chi connectivity index (χ2v) is 5.99. The van der Waals surface area contributed by atoms with Crippen LogP contribution in [0.15, 0.2) is 18.2 Å². The van der Waals surface area contributed by atoms with Crippen LogP contribution in [-0.4, -0.2) is 83.0 Å². The highest BCUT2D eigenvalue weighted by Gasteiger charge is 2.20. The lowest BCUT2D eigenvalue weighted by Gasteiger charge is -2.34. The molecule has 2 rings (SSSR count). The molecule has 0 bridgehead atoms. The van der Waals surface area contributed by atoms with Gasteiger partial charge in [0.05, 0.1) is 20.8 Å². The first-order valence-electron chi connectivity index (χ1n) is 8.63. The van der Waals surface area contributed by atoms with Gasteiger partial charge in [-0.2, -0.15) is 0 Å². The molecule has 7 nitrogen and oxygen atoms in total. The summed E-state index contributed by atoms with van der Waals surface area (Å²) in [7, 11) is 4.92. The Kier molecular flexibility index (Phi) is 7.81. The Labute approximate surface area is 149 Å². The number of carbonyl (C=O) groups is 1. The number of piperazine rings is 1. The van der Waals surface area contributed by atoms with Crippen LogP contribution in [0.3, 0.4) is 0 Å². The Bertz CT molecular complexity index is 545. The van der Waals surface area contributed by atoms with E-state index in [4.69, 9.17) is 14.2 Å². The molecule has 0 atom stereocenters. The molecular weight excluding hydrogens is 322 g/mol. The zero-order valence-corrected chi connectivity index (χ0v) is 15.4. The van der Waals surface area contributed by atoms with Crippen molar-refractivity contribution in [2.24, 2.45) is 0 Å². The molecule has 0 unspecified atom stereocenters. The summed E-state index contributed by atoms with van der Waals surface area (Å²) < 4.78 is 15.6. The minimum absolute atomic E-state index is 0.00316. The largest absolute Gasteiger partial charge is 0.493 e. The number of amides is 2. The van der Waals surface area contributed by atoms with E-state index in [1.54, 1.807) is 21.3 Å². The average molecular weight is 351 g/mol. The zero-order valence-electron chi connectivity index (χ0n) is 15.4. The normalized spacial score (nSPS) is 15.1. The van der Waals surface area contributed by atoms with E-state index in [0.29, 0.717) is 13.2 Å². The predicted octanol–water partition coefficient (Wildman–Crippen LogP) is 1.22. The number of methoxy groups -OCH3 is 3. The fourth-order valence-electron chi connectivity index (χ4n) is 2.87. The fourth-order valence-corrected chi connectivity index (χ4v) is 2.87. The van der Waals surface area contributed by atoms with Gasteiger partial charge in [0, 0.05) is 46.4 Å². The van der Waals surface area contributed by atoms with Crippen molar-refractivity contribution >= 4 is 6.03 Å². The second kappa shape index (κ2) is 10.1. The van der Waals surface area contributed by atoms with Gasteiger partial charge in [-0.1, -0.05) is 6.07 Å². The van der Waals surface area contributed by atoms with Crippen LogP contribution in [0.25, 0.3) is 0 Å². The summed E-state index contributed by atoms with van der Waals surface area (Å²) in [5.74, 6) is 1.51. The van der Waals surface area contributed by atoms with Crippen molar-refractivity contribution in [2.45, 2.75) is 6.42 Å². The molecule has 0 spiro atoms. The number of urea groups is 1.